The summed E-state index contributed by atoms with van der Waals surface area (Å²) in [4.78, 5) is 35.1. The molecule has 46 heavy (non-hydrogen) atoms. The molecule has 0 heterocycles. The van der Waals surface area contributed by atoms with E-state index in [1.54, 1.807) is 24.3 Å². The van der Waals surface area contributed by atoms with E-state index in [-0.39, 0.29) is 34.2 Å². The largest absolute Gasteiger partial charge is 0.490 e. The van der Waals surface area contributed by atoms with Crippen LogP contribution in [0.1, 0.15) is 49.0 Å². The van der Waals surface area contributed by atoms with E-state index in [0.29, 0.717) is 12.8 Å². The number of thioether (sulfide) groups is 1. The van der Waals surface area contributed by atoms with Crippen LogP contribution < -0.4 is 16.0 Å². The van der Waals surface area contributed by atoms with Gasteiger partial charge in [0.1, 0.15) is 0 Å². The van der Waals surface area contributed by atoms with E-state index in [0.717, 1.165) is 29.5 Å². The number of amides is 2. The summed E-state index contributed by atoms with van der Waals surface area (Å²) in [6, 6.07) is 10.5. The molecule has 2 aromatic rings. The minimum atomic E-state index is -5.08. The quantitative estimate of drug-likeness (QED) is 0.203. The Balaban J connectivity index is 0.000000942. The van der Waals surface area contributed by atoms with Gasteiger partial charge in [0, 0.05) is 28.6 Å². The summed E-state index contributed by atoms with van der Waals surface area (Å²) in [7, 11) is -3.63. The first-order valence-electron chi connectivity index (χ1n) is 13.9. The van der Waals surface area contributed by atoms with Crippen LogP contribution in [0.3, 0.4) is 0 Å². The van der Waals surface area contributed by atoms with E-state index < -0.39 is 58.1 Å². The Hall–Kier alpha value is -3.31. The highest BCUT2D eigenvalue weighted by molar-refractivity contribution is 7.98. The van der Waals surface area contributed by atoms with Crippen molar-refractivity contribution in [2.24, 2.45) is 5.92 Å². The summed E-state index contributed by atoms with van der Waals surface area (Å²) < 4.78 is 97.1. The van der Waals surface area contributed by atoms with Crippen molar-refractivity contribution in [2.75, 3.05) is 18.6 Å². The minimum absolute atomic E-state index is 0.0952. The summed E-state index contributed by atoms with van der Waals surface area (Å²) in [5.41, 5.74) is -1.17. The van der Waals surface area contributed by atoms with Crippen molar-refractivity contribution in [2.45, 2.75) is 73.4 Å². The fraction of sp³-hybridized carbons (Fsp3) is 0.483. The van der Waals surface area contributed by atoms with Gasteiger partial charge in [-0.3, -0.25) is 9.59 Å². The minimum Gasteiger partial charge on any atom is -0.475 e. The lowest BCUT2D eigenvalue weighted by Gasteiger charge is -2.37. The van der Waals surface area contributed by atoms with Gasteiger partial charge >= 0.3 is 18.3 Å². The zero-order valence-corrected chi connectivity index (χ0v) is 26.7. The Morgan fingerprint density at radius 2 is 1.61 bits per heavy atom. The van der Waals surface area contributed by atoms with Gasteiger partial charge in [-0.15, -0.1) is 11.8 Å². The predicted octanol–water partition coefficient (Wildman–Crippen LogP) is 4.92. The standard InChI is InChI=1S/C27H34F3N3O4S2.C2HF3O2/c1-17(2)32-21-7-12-24(19(14-21)16-39(36,37)23-10-8-22(38-3)9-11-23)33-25(34)15-31-26(35)18-5-4-6-20(13-18)27(28,29)30;3-2(4,5)1(6)7/h4-6,8-11,13,17,19,21,24,32H,7,12,14-16H2,1-3H3,(H,31,35)(H,33,34);(H,6,7)/t19-,21+,24-;/m0./s1. The van der Waals surface area contributed by atoms with Gasteiger partial charge in [-0.1, -0.05) is 19.9 Å². The van der Waals surface area contributed by atoms with Crippen molar-refractivity contribution in [3.63, 3.8) is 0 Å². The first-order chi connectivity index (χ1) is 21.2. The lowest BCUT2D eigenvalue weighted by atomic mass is 9.82. The third-order valence-electron chi connectivity index (χ3n) is 6.85. The van der Waals surface area contributed by atoms with Crippen LogP contribution >= 0.6 is 11.8 Å². The zero-order chi connectivity index (χ0) is 34.9. The van der Waals surface area contributed by atoms with Gasteiger partial charge in [-0.2, -0.15) is 26.3 Å². The average molecular weight is 700 g/mol. The van der Waals surface area contributed by atoms with Gasteiger partial charge in [0.15, 0.2) is 9.84 Å². The highest BCUT2D eigenvalue weighted by Crippen LogP contribution is 2.30. The van der Waals surface area contributed by atoms with Crippen LogP contribution in [0.4, 0.5) is 26.3 Å². The highest BCUT2D eigenvalue weighted by atomic mass is 32.2. The SMILES string of the molecule is CSc1ccc(S(=O)(=O)C[C@@H]2C[C@H](NC(C)C)CC[C@@H]2NC(=O)CNC(=O)c2cccc(C(F)(F)F)c2)cc1.O=C(O)C(F)(F)F. The van der Waals surface area contributed by atoms with Crippen molar-refractivity contribution in [3.8, 4) is 0 Å². The Morgan fingerprint density at radius 1 is 1.00 bits per heavy atom. The van der Waals surface area contributed by atoms with Crippen LogP contribution in [-0.4, -0.2) is 74.2 Å². The van der Waals surface area contributed by atoms with E-state index >= 15 is 0 Å². The number of sulfone groups is 1. The molecule has 3 atom stereocenters. The topological polar surface area (TPSA) is 142 Å². The van der Waals surface area contributed by atoms with Crippen molar-refractivity contribution in [1.82, 2.24) is 16.0 Å². The van der Waals surface area contributed by atoms with Crippen LogP contribution in [0.5, 0.6) is 0 Å². The van der Waals surface area contributed by atoms with Crippen LogP contribution in [-0.2, 0) is 25.6 Å². The maximum atomic E-state index is 13.3. The monoisotopic (exact) mass is 699 g/mol. The molecule has 0 saturated heterocycles. The van der Waals surface area contributed by atoms with E-state index in [4.69, 9.17) is 9.90 Å². The lowest BCUT2D eigenvalue weighted by Crippen LogP contribution is -2.52. The summed E-state index contributed by atoms with van der Waals surface area (Å²) in [6.07, 6.45) is -5.95. The third kappa shape index (κ3) is 12.5. The molecule has 0 aliphatic heterocycles. The molecular formula is C29H35F6N3O6S2. The van der Waals surface area contributed by atoms with Crippen molar-refractivity contribution >= 4 is 39.4 Å². The molecule has 0 spiro atoms. The molecule has 4 N–H and O–H groups in total. The number of benzene rings is 2. The van der Waals surface area contributed by atoms with Crippen molar-refractivity contribution < 1.29 is 54.3 Å². The average Bonchev–Trinajstić information content (AvgIpc) is 2.96. The Kier molecular flexibility index (Phi) is 13.9. The zero-order valence-electron chi connectivity index (χ0n) is 25.0. The molecule has 0 bridgehead atoms. The fourth-order valence-electron chi connectivity index (χ4n) is 4.78. The van der Waals surface area contributed by atoms with E-state index in [9.17, 15) is 44.3 Å². The summed E-state index contributed by atoms with van der Waals surface area (Å²) in [6.45, 7) is 3.58. The maximum absolute atomic E-state index is 13.3. The van der Waals surface area contributed by atoms with Crippen molar-refractivity contribution in [1.29, 1.82) is 0 Å². The van der Waals surface area contributed by atoms with Gasteiger partial charge < -0.3 is 21.1 Å². The van der Waals surface area contributed by atoms with Gasteiger partial charge in [-0.05, 0) is 73.9 Å². The lowest BCUT2D eigenvalue weighted by molar-refractivity contribution is -0.192. The number of hydrogen-bond acceptors (Lipinski definition) is 7. The molecule has 1 fully saturated rings. The van der Waals surface area contributed by atoms with Crippen molar-refractivity contribution in [3.05, 3.63) is 59.7 Å². The molecule has 0 unspecified atom stereocenters. The van der Waals surface area contributed by atoms with E-state index in [1.165, 1.54) is 17.8 Å². The van der Waals surface area contributed by atoms with Crippen LogP contribution in [0.25, 0.3) is 0 Å². The first-order valence-corrected chi connectivity index (χ1v) is 16.8. The van der Waals surface area contributed by atoms with Crippen LogP contribution in [0.15, 0.2) is 58.3 Å². The maximum Gasteiger partial charge on any atom is 0.490 e. The number of nitrogens with one attached hydrogen (secondary N) is 3. The normalized spacial score (nSPS) is 18.7. The Morgan fingerprint density at radius 3 is 2.13 bits per heavy atom. The van der Waals surface area contributed by atoms with Crippen LogP contribution in [0.2, 0.25) is 0 Å². The number of hydrogen-bond donors (Lipinski definition) is 4. The third-order valence-corrected chi connectivity index (χ3v) is 9.45. The van der Waals surface area contributed by atoms with E-state index in [1.807, 2.05) is 20.1 Å². The number of carbonyl (C=O) groups is 3. The molecule has 2 aromatic carbocycles. The molecule has 9 nitrogen and oxygen atoms in total. The summed E-state index contributed by atoms with van der Waals surface area (Å²) in [5.74, 6) is -4.63. The molecule has 2 amide bonds. The molecule has 0 radical (unpaired) electrons. The Bertz CT molecular complexity index is 1450. The Labute approximate surface area is 266 Å². The molecule has 1 aliphatic rings. The van der Waals surface area contributed by atoms with Gasteiger partial charge in [0.2, 0.25) is 5.91 Å². The predicted molar refractivity (Wildman–Crippen MR) is 159 cm³/mol. The number of carbonyl (C=O) groups excluding carboxylic acids is 2. The molecular weight excluding hydrogens is 664 g/mol. The number of halogens is 6. The molecule has 0 aromatic heterocycles. The number of rotatable bonds is 10. The van der Waals surface area contributed by atoms with E-state index in [2.05, 4.69) is 16.0 Å². The number of carboxylic acid groups (broad SMARTS) is 1. The summed E-state index contributed by atoms with van der Waals surface area (Å²) >= 11 is 1.51. The van der Waals surface area contributed by atoms with Gasteiger partial charge in [0.25, 0.3) is 5.91 Å². The molecule has 256 valence electrons. The molecule has 3 rings (SSSR count). The highest BCUT2D eigenvalue weighted by Gasteiger charge is 2.38. The second-order valence-corrected chi connectivity index (χ2v) is 13.7. The van der Waals surface area contributed by atoms with Gasteiger partial charge in [-0.25, -0.2) is 13.2 Å². The fourth-order valence-corrected chi connectivity index (χ4v) is 6.86. The molecule has 17 heteroatoms. The number of aliphatic carboxylic acids is 1. The smallest absolute Gasteiger partial charge is 0.475 e. The molecule has 1 aliphatic carbocycles. The second-order valence-electron chi connectivity index (χ2n) is 10.8. The number of alkyl halides is 6. The first kappa shape index (κ1) is 38.9. The van der Waals surface area contributed by atoms with Gasteiger partial charge in [0.05, 0.1) is 22.8 Å². The molecule has 1 saturated carbocycles. The number of carboxylic acids is 1. The summed E-state index contributed by atoms with van der Waals surface area (Å²) in [5, 5.41) is 15.8. The van der Waals surface area contributed by atoms with Crippen LogP contribution in [0, 0.1) is 5.92 Å². The second kappa shape index (κ2) is 16.5.